The van der Waals surface area contributed by atoms with Gasteiger partial charge in [-0.25, -0.2) is 4.39 Å². The molecule has 3 aromatic rings. The molecule has 28 heavy (non-hydrogen) atoms. The first-order chi connectivity index (χ1) is 13.7. The molecule has 5 heteroatoms. The highest BCUT2D eigenvalue weighted by atomic mass is 19.1. The van der Waals surface area contributed by atoms with Crippen molar-refractivity contribution < 1.29 is 13.7 Å². The summed E-state index contributed by atoms with van der Waals surface area (Å²) in [5.41, 5.74) is 2.55. The lowest BCUT2D eigenvalue weighted by atomic mass is 10.1. The summed E-state index contributed by atoms with van der Waals surface area (Å²) in [6.07, 6.45) is 4.16. The molecule has 2 aromatic carbocycles. The Morgan fingerprint density at radius 2 is 1.75 bits per heavy atom. The molecule has 0 unspecified atom stereocenters. The van der Waals surface area contributed by atoms with E-state index < -0.39 is 0 Å². The third kappa shape index (κ3) is 4.30. The van der Waals surface area contributed by atoms with Crippen molar-refractivity contribution in [3.8, 4) is 11.3 Å². The van der Waals surface area contributed by atoms with Crippen LogP contribution in [0.15, 0.2) is 65.2 Å². The van der Waals surface area contributed by atoms with Crippen LogP contribution in [0.3, 0.4) is 0 Å². The quantitative estimate of drug-likeness (QED) is 0.592. The monoisotopic (exact) mass is 378 g/mol. The molecule has 1 amide bonds. The Balaban J connectivity index is 1.53. The minimum atomic E-state index is -0.292. The number of halogens is 1. The van der Waals surface area contributed by atoms with Gasteiger partial charge in [0, 0.05) is 24.1 Å². The van der Waals surface area contributed by atoms with E-state index in [4.69, 9.17) is 4.52 Å². The molecule has 0 atom stereocenters. The minimum absolute atomic E-state index is 0.104. The molecule has 0 saturated heterocycles. The Bertz CT molecular complexity index is 915. The van der Waals surface area contributed by atoms with E-state index in [2.05, 4.69) is 5.16 Å². The maximum absolute atomic E-state index is 13.1. The fourth-order valence-corrected chi connectivity index (χ4v) is 3.78. The summed E-state index contributed by atoms with van der Waals surface area (Å²) in [4.78, 5) is 15.0. The van der Waals surface area contributed by atoms with Crippen molar-refractivity contribution >= 4 is 5.91 Å². The fourth-order valence-electron chi connectivity index (χ4n) is 3.78. The topological polar surface area (TPSA) is 46.3 Å². The summed E-state index contributed by atoms with van der Waals surface area (Å²) in [7, 11) is 0. The molecule has 4 nitrogen and oxygen atoms in total. The van der Waals surface area contributed by atoms with Crippen LogP contribution in [0.25, 0.3) is 11.3 Å². The average Bonchev–Trinajstić information content (AvgIpc) is 3.41. The van der Waals surface area contributed by atoms with Crippen LogP contribution < -0.4 is 0 Å². The SMILES string of the molecule is O=C(C1CCCC1)N(Cc1ccccc1)Cc1cc(-c2ccc(F)cc2)on1. The number of hydrogen-bond donors (Lipinski definition) is 0. The van der Waals surface area contributed by atoms with Crippen molar-refractivity contribution in [3.05, 3.63) is 77.7 Å². The number of carbonyl (C=O) groups is 1. The zero-order chi connectivity index (χ0) is 19.3. The Morgan fingerprint density at radius 3 is 2.46 bits per heavy atom. The molecular weight excluding hydrogens is 355 g/mol. The smallest absolute Gasteiger partial charge is 0.226 e. The molecule has 1 aliphatic rings. The van der Waals surface area contributed by atoms with Gasteiger partial charge in [0.15, 0.2) is 5.76 Å². The molecule has 0 radical (unpaired) electrons. The maximum Gasteiger partial charge on any atom is 0.226 e. The Kier molecular flexibility index (Phi) is 5.51. The lowest BCUT2D eigenvalue weighted by Gasteiger charge is -2.25. The number of nitrogens with zero attached hydrogens (tertiary/aromatic N) is 2. The van der Waals surface area contributed by atoms with Gasteiger partial charge < -0.3 is 9.42 Å². The first-order valence-corrected chi connectivity index (χ1v) is 9.73. The molecule has 0 aliphatic heterocycles. The lowest BCUT2D eigenvalue weighted by molar-refractivity contribution is -0.136. The first kappa shape index (κ1) is 18.4. The number of benzene rings is 2. The highest BCUT2D eigenvalue weighted by Gasteiger charge is 2.28. The standard InChI is InChI=1S/C23H23FN2O2/c24-20-12-10-18(11-13-20)22-14-21(25-28-22)16-26(15-17-6-2-1-3-7-17)23(27)19-8-4-5-9-19/h1-3,6-7,10-14,19H,4-5,8-9,15-16H2. The Hall–Kier alpha value is -2.95. The van der Waals surface area contributed by atoms with Crippen LogP contribution in [0, 0.1) is 11.7 Å². The Morgan fingerprint density at radius 1 is 1.04 bits per heavy atom. The highest BCUT2D eigenvalue weighted by molar-refractivity contribution is 5.79. The molecule has 144 valence electrons. The van der Waals surface area contributed by atoms with Gasteiger partial charge in [0.25, 0.3) is 0 Å². The van der Waals surface area contributed by atoms with Crippen molar-refractivity contribution in [1.29, 1.82) is 0 Å². The van der Waals surface area contributed by atoms with Crippen LogP contribution in [0.5, 0.6) is 0 Å². The summed E-state index contributed by atoms with van der Waals surface area (Å²) in [5, 5.41) is 4.14. The zero-order valence-electron chi connectivity index (χ0n) is 15.7. The number of aromatic nitrogens is 1. The molecule has 0 bridgehead atoms. The van der Waals surface area contributed by atoms with Crippen molar-refractivity contribution in [2.24, 2.45) is 5.92 Å². The molecular formula is C23H23FN2O2. The largest absolute Gasteiger partial charge is 0.356 e. The second-order valence-electron chi connectivity index (χ2n) is 7.35. The summed E-state index contributed by atoms with van der Waals surface area (Å²) in [5.74, 6) is 0.572. The molecule has 4 rings (SSSR count). The highest BCUT2D eigenvalue weighted by Crippen LogP contribution is 2.28. The van der Waals surface area contributed by atoms with Gasteiger partial charge in [-0.3, -0.25) is 4.79 Å². The number of rotatable bonds is 6. The van der Waals surface area contributed by atoms with Gasteiger partial charge in [0.1, 0.15) is 11.5 Å². The predicted octanol–water partition coefficient (Wildman–Crippen LogP) is 5.20. The number of amides is 1. The van der Waals surface area contributed by atoms with E-state index >= 15 is 0 Å². The molecule has 1 saturated carbocycles. The fraction of sp³-hybridized carbons (Fsp3) is 0.304. The van der Waals surface area contributed by atoms with Crippen LogP contribution in [0.1, 0.15) is 36.9 Å². The van der Waals surface area contributed by atoms with Crippen LogP contribution in [-0.2, 0) is 17.9 Å². The van der Waals surface area contributed by atoms with Gasteiger partial charge in [-0.05, 0) is 42.7 Å². The van der Waals surface area contributed by atoms with Gasteiger partial charge in [-0.15, -0.1) is 0 Å². The summed E-state index contributed by atoms with van der Waals surface area (Å²) in [6.45, 7) is 0.948. The van der Waals surface area contributed by atoms with Crippen LogP contribution in [0.4, 0.5) is 4.39 Å². The molecule has 0 N–H and O–H groups in total. The van der Waals surface area contributed by atoms with Gasteiger partial charge in [-0.1, -0.05) is 48.3 Å². The van der Waals surface area contributed by atoms with E-state index in [1.165, 1.54) is 12.1 Å². The molecule has 0 spiro atoms. The second-order valence-corrected chi connectivity index (χ2v) is 7.35. The maximum atomic E-state index is 13.1. The van der Waals surface area contributed by atoms with Crippen molar-refractivity contribution in [1.82, 2.24) is 10.1 Å². The molecule has 1 heterocycles. The lowest BCUT2D eigenvalue weighted by Crippen LogP contribution is -2.34. The van der Waals surface area contributed by atoms with E-state index in [1.807, 2.05) is 41.3 Å². The van der Waals surface area contributed by atoms with Crippen LogP contribution in [-0.4, -0.2) is 16.0 Å². The number of hydrogen-bond acceptors (Lipinski definition) is 3. The van der Waals surface area contributed by atoms with Crippen molar-refractivity contribution in [2.75, 3.05) is 0 Å². The minimum Gasteiger partial charge on any atom is -0.356 e. The second kappa shape index (κ2) is 8.38. The molecule has 1 aliphatic carbocycles. The Labute approximate surface area is 164 Å². The van der Waals surface area contributed by atoms with E-state index in [-0.39, 0.29) is 17.6 Å². The third-order valence-electron chi connectivity index (χ3n) is 5.27. The summed E-state index contributed by atoms with van der Waals surface area (Å²) < 4.78 is 18.6. The molecule has 1 aromatic heterocycles. The van der Waals surface area contributed by atoms with Gasteiger partial charge in [0.2, 0.25) is 5.91 Å². The van der Waals surface area contributed by atoms with Crippen molar-refractivity contribution in [2.45, 2.75) is 38.8 Å². The van der Waals surface area contributed by atoms with Gasteiger partial charge in [0.05, 0.1) is 6.54 Å². The average molecular weight is 378 g/mol. The van der Waals surface area contributed by atoms with Gasteiger partial charge >= 0.3 is 0 Å². The predicted molar refractivity (Wildman–Crippen MR) is 105 cm³/mol. The normalized spacial score (nSPS) is 14.3. The van der Waals surface area contributed by atoms with Crippen molar-refractivity contribution in [3.63, 3.8) is 0 Å². The molecule has 1 fully saturated rings. The zero-order valence-corrected chi connectivity index (χ0v) is 15.7. The number of carbonyl (C=O) groups excluding carboxylic acids is 1. The first-order valence-electron chi connectivity index (χ1n) is 9.73. The summed E-state index contributed by atoms with van der Waals surface area (Å²) in [6, 6.07) is 17.9. The van der Waals surface area contributed by atoms with E-state index in [1.54, 1.807) is 12.1 Å². The van der Waals surface area contributed by atoms with E-state index in [9.17, 15) is 9.18 Å². The van der Waals surface area contributed by atoms with E-state index in [0.717, 1.165) is 36.8 Å². The van der Waals surface area contributed by atoms with Crippen LogP contribution >= 0.6 is 0 Å². The van der Waals surface area contributed by atoms with Crippen LogP contribution in [0.2, 0.25) is 0 Å². The van der Waals surface area contributed by atoms with E-state index in [0.29, 0.717) is 24.5 Å². The van der Waals surface area contributed by atoms with Gasteiger partial charge in [-0.2, -0.15) is 0 Å². The summed E-state index contributed by atoms with van der Waals surface area (Å²) >= 11 is 0. The third-order valence-corrected chi connectivity index (χ3v) is 5.27.